The van der Waals surface area contributed by atoms with E-state index >= 15 is 0 Å². The Labute approximate surface area is 146 Å². The number of thiazole rings is 1. The van der Waals surface area contributed by atoms with Gasteiger partial charge in [0, 0.05) is 37.8 Å². The summed E-state index contributed by atoms with van der Waals surface area (Å²) in [5, 5.41) is 10.9. The topological polar surface area (TPSA) is 67.6 Å². The maximum atomic E-state index is 5.89. The van der Waals surface area contributed by atoms with Crippen LogP contribution in [0.15, 0.2) is 22.8 Å². The fourth-order valence-electron chi connectivity index (χ4n) is 2.74. The van der Waals surface area contributed by atoms with E-state index in [2.05, 4.69) is 37.6 Å². The molecule has 0 spiro atoms. The van der Waals surface area contributed by atoms with Crippen molar-refractivity contribution in [2.75, 3.05) is 26.7 Å². The predicted molar refractivity (Wildman–Crippen MR) is 95.2 cm³/mol. The van der Waals surface area contributed by atoms with Crippen molar-refractivity contribution in [1.29, 1.82) is 0 Å². The average Bonchev–Trinajstić information content (AvgIpc) is 3.24. The second-order valence-electron chi connectivity index (χ2n) is 5.74. The average molecular weight is 348 g/mol. The Morgan fingerprint density at radius 1 is 1.54 bits per heavy atom. The van der Waals surface area contributed by atoms with Gasteiger partial charge in [-0.2, -0.15) is 5.10 Å². The van der Waals surface area contributed by atoms with Gasteiger partial charge < -0.3 is 15.0 Å². The molecule has 1 aliphatic heterocycles. The van der Waals surface area contributed by atoms with Crippen LogP contribution in [0.4, 0.5) is 0 Å². The summed E-state index contributed by atoms with van der Waals surface area (Å²) in [5.74, 6) is 0.887. The number of hydrogen-bond donors (Lipinski definition) is 1. The van der Waals surface area contributed by atoms with Crippen molar-refractivity contribution in [2.45, 2.75) is 26.0 Å². The Morgan fingerprint density at radius 3 is 3.08 bits per heavy atom. The lowest BCUT2D eigenvalue weighted by Gasteiger charge is -2.34. The van der Waals surface area contributed by atoms with E-state index in [1.807, 2.05) is 26.5 Å². The van der Waals surface area contributed by atoms with Gasteiger partial charge in [-0.3, -0.25) is 9.67 Å². The number of aryl methyl sites for hydroxylation is 2. The minimum atomic E-state index is 0.0250. The number of morpholine rings is 1. The highest BCUT2D eigenvalue weighted by Crippen LogP contribution is 2.21. The van der Waals surface area contributed by atoms with Crippen molar-refractivity contribution in [2.24, 2.45) is 12.0 Å². The lowest BCUT2D eigenvalue weighted by molar-refractivity contribution is -0.00805. The SMILES string of the molecule is CCc1nc(CNC(=NC)N2CCOC(c3cnn(C)c3)C2)cs1. The van der Waals surface area contributed by atoms with Crippen molar-refractivity contribution in [3.05, 3.63) is 34.0 Å². The van der Waals surface area contributed by atoms with Gasteiger partial charge >= 0.3 is 0 Å². The smallest absolute Gasteiger partial charge is 0.194 e. The van der Waals surface area contributed by atoms with Gasteiger partial charge in [0.1, 0.15) is 6.10 Å². The number of hydrogen-bond acceptors (Lipinski definition) is 5. The molecule has 0 radical (unpaired) electrons. The van der Waals surface area contributed by atoms with Crippen LogP contribution in [0.2, 0.25) is 0 Å². The molecule has 1 unspecified atom stereocenters. The first-order valence-corrected chi connectivity index (χ1v) is 9.06. The molecule has 0 aliphatic carbocycles. The maximum absolute atomic E-state index is 5.89. The van der Waals surface area contributed by atoms with E-state index in [1.54, 1.807) is 16.0 Å². The molecular formula is C16H24N6OS. The van der Waals surface area contributed by atoms with E-state index in [9.17, 15) is 0 Å². The summed E-state index contributed by atoms with van der Waals surface area (Å²) in [4.78, 5) is 11.2. The summed E-state index contributed by atoms with van der Waals surface area (Å²) in [6.45, 7) is 5.09. The van der Waals surface area contributed by atoms with E-state index in [0.717, 1.165) is 36.7 Å². The molecule has 3 heterocycles. The van der Waals surface area contributed by atoms with Gasteiger partial charge in [-0.25, -0.2) is 4.98 Å². The van der Waals surface area contributed by atoms with E-state index in [4.69, 9.17) is 4.74 Å². The van der Waals surface area contributed by atoms with E-state index in [1.165, 1.54) is 5.01 Å². The first kappa shape index (κ1) is 16.9. The second-order valence-corrected chi connectivity index (χ2v) is 6.68. The number of aliphatic imine (C=N–C) groups is 1. The van der Waals surface area contributed by atoms with E-state index in [-0.39, 0.29) is 6.10 Å². The van der Waals surface area contributed by atoms with Crippen LogP contribution in [-0.4, -0.2) is 52.4 Å². The summed E-state index contributed by atoms with van der Waals surface area (Å²) >= 11 is 1.71. The van der Waals surface area contributed by atoms with Gasteiger partial charge in [0.15, 0.2) is 5.96 Å². The highest BCUT2D eigenvalue weighted by atomic mass is 32.1. The molecular weight excluding hydrogens is 324 g/mol. The monoisotopic (exact) mass is 348 g/mol. The van der Waals surface area contributed by atoms with Crippen LogP contribution in [0.5, 0.6) is 0 Å². The minimum absolute atomic E-state index is 0.0250. The zero-order valence-corrected chi connectivity index (χ0v) is 15.2. The molecule has 3 rings (SSSR count). The van der Waals surface area contributed by atoms with Crippen LogP contribution >= 0.6 is 11.3 Å². The van der Waals surface area contributed by atoms with Gasteiger partial charge in [0.2, 0.25) is 0 Å². The molecule has 2 aromatic heterocycles. The third-order valence-electron chi connectivity index (χ3n) is 4.00. The Morgan fingerprint density at radius 2 is 2.42 bits per heavy atom. The Bertz CT molecular complexity index is 694. The molecule has 130 valence electrons. The Balaban J connectivity index is 1.60. The summed E-state index contributed by atoms with van der Waals surface area (Å²) < 4.78 is 7.70. The number of rotatable bonds is 4. The Kier molecular flexibility index (Phi) is 5.47. The summed E-state index contributed by atoms with van der Waals surface area (Å²) in [6.07, 6.45) is 4.88. The van der Waals surface area contributed by atoms with Crippen LogP contribution < -0.4 is 5.32 Å². The highest BCUT2D eigenvalue weighted by Gasteiger charge is 2.25. The fourth-order valence-corrected chi connectivity index (χ4v) is 3.49. The van der Waals surface area contributed by atoms with Gasteiger partial charge in [0.25, 0.3) is 0 Å². The first-order valence-electron chi connectivity index (χ1n) is 8.18. The molecule has 0 amide bonds. The highest BCUT2D eigenvalue weighted by molar-refractivity contribution is 7.09. The second kappa shape index (κ2) is 7.76. The number of nitrogens with one attached hydrogen (secondary N) is 1. The zero-order chi connectivity index (χ0) is 16.9. The standard InChI is InChI=1S/C16H24N6OS/c1-4-15-20-13(11-24-15)8-18-16(17-2)22-5-6-23-14(10-22)12-7-19-21(3)9-12/h7,9,11,14H,4-6,8,10H2,1-3H3,(H,17,18). The molecule has 2 aromatic rings. The maximum Gasteiger partial charge on any atom is 0.194 e. The molecule has 0 aromatic carbocycles. The van der Waals surface area contributed by atoms with Crippen LogP contribution in [0.25, 0.3) is 0 Å². The lowest BCUT2D eigenvalue weighted by Crippen LogP contribution is -2.47. The Hall–Kier alpha value is -1.93. The number of nitrogens with zero attached hydrogens (tertiary/aromatic N) is 5. The first-order chi connectivity index (χ1) is 11.7. The van der Waals surface area contributed by atoms with Gasteiger partial charge in [-0.15, -0.1) is 11.3 Å². The molecule has 7 nitrogen and oxygen atoms in total. The number of aromatic nitrogens is 3. The molecule has 8 heteroatoms. The molecule has 1 N–H and O–H groups in total. The minimum Gasteiger partial charge on any atom is -0.370 e. The van der Waals surface area contributed by atoms with Crippen LogP contribution in [-0.2, 0) is 24.8 Å². The number of ether oxygens (including phenoxy) is 1. The fraction of sp³-hybridized carbons (Fsp3) is 0.562. The predicted octanol–water partition coefficient (Wildman–Crippen LogP) is 1.59. The third-order valence-corrected chi connectivity index (χ3v) is 5.05. The molecule has 0 bridgehead atoms. The van der Waals surface area contributed by atoms with Gasteiger partial charge in [-0.1, -0.05) is 6.92 Å². The van der Waals surface area contributed by atoms with Crippen molar-refractivity contribution < 1.29 is 4.74 Å². The van der Waals surface area contributed by atoms with Crippen molar-refractivity contribution in [3.8, 4) is 0 Å². The normalized spacial score (nSPS) is 18.9. The number of guanidine groups is 1. The molecule has 24 heavy (non-hydrogen) atoms. The molecule has 1 atom stereocenters. The molecule has 0 saturated carbocycles. The summed E-state index contributed by atoms with van der Waals surface area (Å²) in [6, 6.07) is 0. The lowest BCUT2D eigenvalue weighted by atomic mass is 10.1. The molecule has 1 fully saturated rings. The van der Waals surface area contributed by atoms with Gasteiger partial charge in [-0.05, 0) is 6.42 Å². The molecule has 1 saturated heterocycles. The molecule has 1 aliphatic rings. The quantitative estimate of drug-likeness (QED) is 0.671. The van der Waals surface area contributed by atoms with E-state index in [0.29, 0.717) is 13.2 Å². The zero-order valence-electron chi connectivity index (χ0n) is 14.4. The third kappa shape index (κ3) is 3.93. The largest absolute Gasteiger partial charge is 0.370 e. The van der Waals surface area contributed by atoms with Crippen LogP contribution in [0.1, 0.15) is 29.3 Å². The van der Waals surface area contributed by atoms with E-state index < -0.39 is 0 Å². The summed E-state index contributed by atoms with van der Waals surface area (Å²) in [7, 11) is 3.73. The van der Waals surface area contributed by atoms with Crippen LogP contribution in [0.3, 0.4) is 0 Å². The van der Waals surface area contributed by atoms with Crippen molar-refractivity contribution in [1.82, 2.24) is 25.0 Å². The van der Waals surface area contributed by atoms with Gasteiger partial charge in [0.05, 0.1) is 36.6 Å². The summed E-state index contributed by atoms with van der Waals surface area (Å²) in [5.41, 5.74) is 2.17. The van der Waals surface area contributed by atoms with Crippen molar-refractivity contribution in [3.63, 3.8) is 0 Å². The van der Waals surface area contributed by atoms with Crippen LogP contribution in [0, 0.1) is 0 Å². The van der Waals surface area contributed by atoms with Crippen molar-refractivity contribution >= 4 is 17.3 Å².